The molecule has 4 heterocycles. The van der Waals surface area contributed by atoms with E-state index < -0.39 is 14.6 Å². The van der Waals surface area contributed by atoms with Gasteiger partial charge in [-0.2, -0.15) is 0 Å². The first-order valence-corrected chi connectivity index (χ1v) is 11.3. The van der Waals surface area contributed by atoms with E-state index in [9.17, 15) is 9.46 Å². The summed E-state index contributed by atoms with van der Waals surface area (Å²) in [4.78, 5) is 28.1. The van der Waals surface area contributed by atoms with E-state index in [1.807, 2.05) is 24.3 Å². The highest BCUT2D eigenvalue weighted by molar-refractivity contribution is 7.44. The molecule has 0 saturated carbocycles. The summed E-state index contributed by atoms with van der Waals surface area (Å²) < 4.78 is 27.6. The van der Waals surface area contributed by atoms with Crippen molar-refractivity contribution in [3.8, 4) is 17.2 Å². The Hall–Kier alpha value is -3.63. The van der Waals surface area contributed by atoms with Crippen LogP contribution < -0.4 is 19.9 Å². The van der Waals surface area contributed by atoms with Crippen LogP contribution in [0.1, 0.15) is 17.0 Å². The van der Waals surface area contributed by atoms with Crippen molar-refractivity contribution in [2.24, 2.45) is 0 Å². The van der Waals surface area contributed by atoms with Crippen molar-refractivity contribution in [3.05, 3.63) is 84.1 Å². The summed E-state index contributed by atoms with van der Waals surface area (Å²) in [5.74, 6) is 1.07. The minimum atomic E-state index is -4.88. The molecule has 12 heteroatoms. The second-order valence-corrected chi connectivity index (χ2v) is 8.17. The number of pyridine rings is 3. The molecule has 4 aromatic heterocycles. The Labute approximate surface area is 188 Å². The maximum atomic E-state index is 10.8. The summed E-state index contributed by atoms with van der Waals surface area (Å²) in [7, 11) is -4.88. The average Bonchev–Trinajstić information content (AvgIpc) is 3.26. The van der Waals surface area contributed by atoms with Gasteiger partial charge in [0.25, 0.3) is 13.6 Å². The molecule has 1 atom stereocenters. The van der Waals surface area contributed by atoms with E-state index in [0.717, 1.165) is 11.3 Å². The lowest BCUT2D eigenvalue weighted by atomic mass is 10.1. The van der Waals surface area contributed by atoms with E-state index in [0.29, 0.717) is 35.9 Å². The van der Waals surface area contributed by atoms with Gasteiger partial charge in [-0.1, -0.05) is 17.3 Å². The van der Waals surface area contributed by atoms with Gasteiger partial charge in [0.15, 0.2) is 12.5 Å². The fourth-order valence-electron chi connectivity index (χ4n) is 2.98. The summed E-state index contributed by atoms with van der Waals surface area (Å²) in [6.45, 7) is -0.146. The van der Waals surface area contributed by atoms with Gasteiger partial charge in [-0.25, -0.2) is 9.55 Å². The number of phosphoric ester groups is 1. The smallest absolute Gasteiger partial charge is 0.285 e. The van der Waals surface area contributed by atoms with Crippen LogP contribution in [0.4, 0.5) is 5.82 Å². The average molecular weight is 469 g/mol. The normalized spacial score (nSPS) is 12.9. The van der Waals surface area contributed by atoms with Gasteiger partial charge in [0.1, 0.15) is 12.2 Å². The van der Waals surface area contributed by atoms with E-state index in [1.54, 1.807) is 36.7 Å². The largest absolute Gasteiger partial charge is 0.756 e. The number of hydrogen-bond donors (Lipinski definition) is 2. The number of nitrogen functional groups attached to an aromatic ring is 1. The molecule has 1 unspecified atom stereocenters. The standard InChI is InChI=1S/C21H20N5O6P/c22-21-18(5-3-9-26(21)14-31-33(27,28)29)19-11-17(25-32-19)10-15-6-7-20(24-12-15)30-13-16-4-1-2-8-23-16/h1-9,11-12,22H,10,13-14H2,(H2,27,28,29). The zero-order valence-electron chi connectivity index (χ0n) is 17.3. The summed E-state index contributed by atoms with van der Waals surface area (Å²) in [6.07, 6.45) is 5.38. The zero-order chi connectivity index (χ0) is 23.3. The van der Waals surface area contributed by atoms with E-state index in [4.69, 9.17) is 19.9 Å². The monoisotopic (exact) mass is 469 g/mol. The Morgan fingerprint density at radius 2 is 2.03 bits per heavy atom. The lowest BCUT2D eigenvalue weighted by molar-refractivity contribution is -0.712. The predicted octanol–water partition coefficient (Wildman–Crippen LogP) is 1.61. The number of rotatable bonds is 9. The highest BCUT2D eigenvalue weighted by atomic mass is 31.2. The van der Waals surface area contributed by atoms with Gasteiger partial charge in [-0.05, 0) is 29.8 Å². The van der Waals surface area contributed by atoms with Gasteiger partial charge in [0.05, 0.1) is 17.6 Å². The Balaban J connectivity index is 1.40. The second-order valence-electron chi connectivity index (χ2n) is 6.98. The fourth-order valence-corrected chi connectivity index (χ4v) is 3.25. The van der Waals surface area contributed by atoms with Crippen molar-refractivity contribution in [1.82, 2.24) is 15.1 Å². The van der Waals surface area contributed by atoms with Crippen molar-refractivity contribution < 1.29 is 32.7 Å². The Bertz CT molecular complexity index is 1260. The van der Waals surface area contributed by atoms with Gasteiger partial charge in [-0.15, -0.1) is 0 Å². The molecule has 11 nitrogen and oxygen atoms in total. The molecule has 0 bridgehead atoms. The van der Waals surface area contributed by atoms with Crippen LogP contribution in [-0.2, 0) is 28.8 Å². The molecule has 0 radical (unpaired) electrons. The van der Waals surface area contributed by atoms with E-state index in [-0.39, 0.29) is 5.82 Å². The van der Waals surface area contributed by atoms with Gasteiger partial charge < -0.3 is 19.0 Å². The molecule has 0 amide bonds. The molecule has 0 aliphatic carbocycles. The molecular formula is C21H20N5O6P. The Morgan fingerprint density at radius 1 is 1.15 bits per heavy atom. The van der Waals surface area contributed by atoms with E-state index >= 15 is 0 Å². The molecule has 3 N–H and O–H groups in total. The number of phosphoric acid groups is 1. The maximum Gasteiger partial charge on any atom is 0.285 e. The molecule has 4 rings (SSSR count). The molecule has 0 aromatic carbocycles. The summed E-state index contributed by atoms with van der Waals surface area (Å²) >= 11 is 0. The first-order valence-electron chi connectivity index (χ1n) is 9.77. The summed E-state index contributed by atoms with van der Waals surface area (Å²) in [5.41, 5.74) is 8.95. The van der Waals surface area contributed by atoms with Crippen LogP contribution in [0.3, 0.4) is 0 Å². The number of nitrogens with zero attached hydrogens (tertiary/aromatic N) is 4. The molecular weight excluding hydrogens is 449 g/mol. The maximum absolute atomic E-state index is 10.8. The number of hydrogen-bond acceptors (Lipinski definition) is 9. The topological polar surface area (TPSA) is 161 Å². The predicted molar refractivity (Wildman–Crippen MR) is 113 cm³/mol. The third-order valence-corrected chi connectivity index (χ3v) is 5.02. The first kappa shape index (κ1) is 22.6. The van der Waals surface area contributed by atoms with E-state index in [2.05, 4.69) is 19.6 Å². The van der Waals surface area contributed by atoms with Crippen LogP contribution >= 0.6 is 7.82 Å². The van der Waals surface area contributed by atoms with Gasteiger partial charge in [0.2, 0.25) is 5.88 Å². The summed E-state index contributed by atoms with van der Waals surface area (Å²) in [6, 6.07) is 14.3. The highest BCUT2D eigenvalue weighted by Gasteiger charge is 2.18. The number of ether oxygens (including phenoxy) is 1. The van der Waals surface area contributed by atoms with Crippen molar-refractivity contribution in [1.29, 1.82) is 0 Å². The summed E-state index contributed by atoms with van der Waals surface area (Å²) in [5, 5.41) is 4.07. The molecule has 0 spiro atoms. The minimum absolute atomic E-state index is 0.185. The van der Waals surface area contributed by atoms with Gasteiger partial charge in [-0.3, -0.25) is 19.8 Å². The molecule has 0 fully saturated rings. The molecule has 0 aliphatic heterocycles. The third-order valence-electron chi connectivity index (χ3n) is 4.58. The first-order chi connectivity index (χ1) is 15.9. The third kappa shape index (κ3) is 6.21. The van der Waals surface area contributed by atoms with Crippen LogP contribution in [0.25, 0.3) is 11.3 Å². The van der Waals surface area contributed by atoms with Crippen molar-refractivity contribution in [2.75, 3.05) is 5.73 Å². The highest BCUT2D eigenvalue weighted by Crippen LogP contribution is 2.30. The molecule has 33 heavy (non-hydrogen) atoms. The lowest BCUT2D eigenvalue weighted by Crippen LogP contribution is -2.38. The number of nitrogens with two attached hydrogens (primary N) is 1. The van der Waals surface area contributed by atoms with Crippen LogP contribution in [0.15, 0.2) is 71.6 Å². The fraction of sp³-hybridized carbons (Fsp3) is 0.143. The molecule has 0 saturated heterocycles. The number of aromatic nitrogens is 4. The van der Waals surface area contributed by atoms with Crippen molar-refractivity contribution in [2.45, 2.75) is 19.8 Å². The van der Waals surface area contributed by atoms with Crippen LogP contribution in [0.2, 0.25) is 0 Å². The van der Waals surface area contributed by atoms with Crippen LogP contribution in [0, 0.1) is 0 Å². The van der Waals surface area contributed by atoms with Gasteiger partial charge >= 0.3 is 0 Å². The van der Waals surface area contributed by atoms with Crippen molar-refractivity contribution in [3.63, 3.8) is 0 Å². The van der Waals surface area contributed by atoms with Gasteiger partial charge in [0, 0.05) is 30.9 Å². The minimum Gasteiger partial charge on any atom is -0.756 e. The van der Waals surface area contributed by atoms with Crippen LogP contribution in [-0.4, -0.2) is 20.0 Å². The lowest BCUT2D eigenvalue weighted by Gasteiger charge is -2.14. The second kappa shape index (κ2) is 9.88. The molecule has 0 aliphatic rings. The SMILES string of the molecule is Nc1c(-c2cc(Cc3ccc(OCc4ccccn4)nc3)no2)ccc[n+]1COP(=O)([O-])O. The molecule has 170 valence electrons. The Kier molecular flexibility index (Phi) is 6.76. The number of anilines is 1. The van der Waals surface area contributed by atoms with E-state index in [1.165, 1.54) is 10.8 Å². The van der Waals surface area contributed by atoms with Crippen LogP contribution in [0.5, 0.6) is 5.88 Å². The zero-order valence-corrected chi connectivity index (χ0v) is 18.2. The Morgan fingerprint density at radius 3 is 2.76 bits per heavy atom. The van der Waals surface area contributed by atoms with Crippen molar-refractivity contribution >= 4 is 13.6 Å². The quantitative estimate of drug-likeness (QED) is 0.272. The molecule has 4 aromatic rings.